The summed E-state index contributed by atoms with van der Waals surface area (Å²) in [6.45, 7) is 11.9. The second-order valence-electron chi connectivity index (χ2n) is 8.51. The van der Waals surface area contributed by atoms with Crippen LogP contribution in [0.5, 0.6) is 5.75 Å². The van der Waals surface area contributed by atoms with Gasteiger partial charge < -0.3 is 9.47 Å². The van der Waals surface area contributed by atoms with E-state index in [1.165, 1.54) is 44.1 Å². The minimum atomic E-state index is -0.181. The van der Waals surface area contributed by atoms with Gasteiger partial charge in [0.1, 0.15) is 5.75 Å². The fourth-order valence-corrected chi connectivity index (χ4v) is 3.44. The highest BCUT2D eigenvalue weighted by atomic mass is 16.7. The van der Waals surface area contributed by atoms with Gasteiger partial charge in [-0.3, -0.25) is 0 Å². The fourth-order valence-electron chi connectivity index (χ4n) is 3.44. The van der Waals surface area contributed by atoms with E-state index in [9.17, 15) is 0 Å². The van der Waals surface area contributed by atoms with Gasteiger partial charge in [0.15, 0.2) is 6.29 Å². The third kappa shape index (κ3) is 6.12. The van der Waals surface area contributed by atoms with Gasteiger partial charge in [0.05, 0.1) is 6.61 Å². The number of ether oxygens (including phenoxy) is 2. The second-order valence-corrected chi connectivity index (χ2v) is 8.51. The van der Waals surface area contributed by atoms with Crippen LogP contribution < -0.4 is 4.74 Å². The average molecular weight is 333 g/mol. The molecule has 136 valence electrons. The summed E-state index contributed by atoms with van der Waals surface area (Å²) in [5.41, 5.74) is 1.64. The van der Waals surface area contributed by atoms with Crippen LogP contribution in [0.1, 0.15) is 84.6 Å². The summed E-state index contributed by atoms with van der Waals surface area (Å²) in [6, 6.07) is 8.50. The van der Waals surface area contributed by atoms with Crippen molar-refractivity contribution in [3.63, 3.8) is 0 Å². The van der Waals surface area contributed by atoms with Crippen LogP contribution in [0.25, 0.3) is 0 Å². The van der Waals surface area contributed by atoms with Crippen molar-refractivity contribution < 1.29 is 9.47 Å². The molecule has 2 atom stereocenters. The maximum absolute atomic E-state index is 5.90. The Morgan fingerprint density at radius 1 is 1.00 bits per heavy atom. The van der Waals surface area contributed by atoms with Crippen molar-refractivity contribution in [2.45, 2.75) is 85.4 Å². The quantitative estimate of drug-likeness (QED) is 0.527. The zero-order chi connectivity index (χ0) is 17.6. The summed E-state index contributed by atoms with van der Waals surface area (Å²) in [6.07, 6.45) is 7.97. The molecule has 0 saturated heterocycles. The lowest BCUT2D eigenvalue weighted by Gasteiger charge is -2.27. The molecule has 0 bridgehead atoms. The normalized spacial score (nSPS) is 19.0. The molecular formula is C22H36O2. The molecule has 0 heterocycles. The van der Waals surface area contributed by atoms with Crippen LogP contribution in [-0.4, -0.2) is 12.9 Å². The van der Waals surface area contributed by atoms with E-state index in [1.54, 1.807) is 0 Å². The molecule has 2 nitrogen and oxygen atoms in total. The third-order valence-electron chi connectivity index (χ3n) is 5.58. The zero-order valence-electron chi connectivity index (χ0n) is 16.3. The Labute approximate surface area is 148 Å². The molecule has 1 fully saturated rings. The number of hydrogen-bond donors (Lipinski definition) is 0. The average Bonchev–Trinajstić information content (AvgIpc) is 2.55. The van der Waals surface area contributed by atoms with E-state index < -0.39 is 0 Å². The van der Waals surface area contributed by atoms with Crippen molar-refractivity contribution in [1.29, 1.82) is 0 Å². The predicted octanol–water partition coefficient (Wildman–Crippen LogP) is 6.55. The first kappa shape index (κ1) is 19.3. The maximum Gasteiger partial charge on any atom is 0.196 e. The van der Waals surface area contributed by atoms with E-state index in [0.29, 0.717) is 5.92 Å². The molecule has 1 saturated carbocycles. The van der Waals surface area contributed by atoms with Crippen molar-refractivity contribution in [1.82, 2.24) is 0 Å². The molecular weight excluding hydrogens is 296 g/mol. The summed E-state index contributed by atoms with van der Waals surface area (Å²) in [5, 5.41) is 0. The molecule has 0 radical (unpaired) electrons. The van der Waals surface area contributed by atoms with Gasteiger partial charge in [-0.05, 0) is 48.3 Å². The van der Waals surface area contributed by atoms with E-state index in [1.807, 2.05) is 6.92 Å². The van der Waals surface area contributed by atoms with E-state index in [0.717, 1.165) is 18.3 Å². The predicted molar refractivity (Wildman–Crippen MR) is 102 cm³/mol. The number of benzene rings is 1. The van der Waals surface area contributed by atoms with Crippen LogP contribution in [0, 0.1) is 11.3 Å². The Morgan fingerprint density at radius 3 is 2.21 bits per heavy atom. The van der Waals surface area contributed by atoms with E-state index in [4.69, 9.17) is 9.47 Å². The second kappa shape index (κ2) is 8.89. The Kier molecular flexibility index (Phi) is 7.16. The zero-order valence-corrected chi connectivity index (χ0v) is 16.3. The molecule has 1 aromatic rings. The first-order valence-corrected chi connectivity index (χ1v) is 9.74. The van der Waals surface area contributed by atoms with Gasteiger partial charge in [-0.1, -0.05) is 71.9 Å². The molecule has 1 aromatic carbocycles. The highest BCUT2D eigenvalue weighted by molar-refractivity contribution is 5.30. The summed E-state index contributed by atoms with van der Waals surface area (Å²) < 4.78 is 11.8. The van der Waals surface area contributed by atoms with Gasteiger partial charge in [0.25, 0.3) is 0 Å². The Hall–Kier alpha value is -1.02. The van der Waals surface area contributed by atoms with Crippen molar-refractivity contribution in [3.05, 3.63) is 29.8 Å². The standard InChI is InChI=1S/C22H36O2/c1-17(22(3,4)5)20-11-13-21(14-12-20)24-18(2)23-16-15-19-9-7-6-8-10-19/h11-14,17-19H,6-10,15-16H2,1-5H3. The lowest BCUT2D eigenvalue weighted by Crippen LogP contribution is -2.19. The lowest BCUT2D eigenvalue weighted by molar-refractivity contribution is -0.0711. The van der Waals surface area contributed by atoms with Gasteiger partial charge in [0.2, 0.25) is 0 Å². The molecule has 0 aromatic heterocycles. The maximum atomic E-state index is 5.90. The van der Waals surface area contributed by atoms with Crippen molar-refractivity contribution in [3.8, 4) is 5.75 Å². The highest BCUT2D eigenvalue weighted by Crippen LogP contribution is 2.35. The fraction of sp³-hybridized carbons (Fsp3) is 0.727. The minimum Gasteiger partial charge on any atom is -0.465 e. The van der Waals surface area contributed by atoms with E-state index >= 15 is 0 Å². The van der Waals surface area contributed by atoms with Gasteiger partial charge >= 0.3 is 0 Å². The van der Waals surface area contributed by atoms with Crippen LogP contribution in [0.3, 0.4) is 0 Å². The van der Waals surface area contributed by atoms with Crippen LogP contribution in [0.2, 0.25) is 0 Å². The summed E-state index contributed by atoms with van der Waals surface area (Å²) in [5.74, 6) is 2.28. The lowest BCUT2D eigenvalue weighted by atomic mass is 9.78. The Bertz CT molecular complexity index is 466. The van der Waals surface area contributed by atoms with Crippen molar-refractivity contribution in [2.24, 2.45) is 11.3 Å². The van der Waals surface area contributed by atoms with Crippen LogP contribution in [-0.2, 0) is 4.74 Å². The molecule has 0 spiro atoms. The topological polar surface area (TPSA) is 18.5 Å². The van der Waals surface area contributed by atoms with Gasteiger partial charge in [-0.25, -0.2) is 0 Å². The number of rotatable bonds is 7. The molecule has 2 heteroatoms. The Morgan fingerprint density at radius 2 is 1.62 bits per heavy atom. The van der Waals surface area contributed by atoms with E-state index in [-0.39, 0.29) is 11.7 Å². The van der Waals surface area contributed by atoms with Gasteiger partial charge in [-0.2, -0.15) is 0 Å². The monoisotopic (exact) mass is 332 g/mol. The van der Waals surface area contributed by atoms with Crippen LogP contribution in [0.15, 0.2) is 24.3 Å². The third-order valence-corrected chi connectivity index (χ3v) is 5.58. The van der Waals surface area contributed by atoms with Gasteiger partial charge in [-0.15, -0.1) is 0 Å². The van der Waals surface area contributed by atoms with Gasteiger partial charge in [0, 0.05) is 0 Å². The summed E-state index contributed by atoms with van der Waals surface area (Å²) in [7, 11) is 0. The molecule has 0 amide bonds. The minimum absolute atomic E-state index is 0.181. The molecule has 0 aliphatic heterocycles. The summed E-state index contributed by atoms with van der Waals surface area (Å²) >= 11 is 0. The smallest absolute Gasteiger partial charge is 0.196 e. The largest absolute Gasteiger partial charge is 0.465 e. The summed E-state index contributed by atoms with van der Waals surface area (Å²) in [4.78, 5) is 0. The SMILES string of the molecule is CC(OCCC1CCCCC1)Oc1ccc(C(C)C(C)(C)C)cc1. The molecule has 1 aliphatic carbocycles. The van der Waals surface area contributed by atoms with Crippen molar-refractivity contribution >= 4 is 0 Å². The first-order chi connectivity index (χ1) is 11.4. The molecule has 24 heavy (non-hydrogen) atoms. The molecule has 2 unspecified atom stereocenters. The van der Waals surface area contributed by atoms with E-state index in [2.05, 4.69) is 52.0 Å². The van der Waals surface area contributed by atoms with Crippen LogP contribution >= 0.6 is 0 Å². The first-order valence-electron chi connectivity index (χ1n) is 9.74. The number of hydrogen-bond acceptors (Lipinski definition) is 2. The van der Waals surface area contributed by atoms with Crippen molar-refractivity contribution in [2.75, 3.05) is 6.61 Å². The Balaban J connectivity index is 1.74. The highest BCUT2D eigenvalue weighted by Gasteiger charge is 2.21. The molecule has 2 rings (SSSR count). The molecule has 1 aliphatic rings. The van der Waals surface area contributed by atoms with Crippen LogP contribution in [0.4, 0.5) is 0 Å². The molecule has 0 N–H and O–H groups in total.